The molecule has 0 fully saturated rings. The van der Waals surface area contributed by atoms with Gasteiger partial charge in [-0.1, -0.05) is 13.0 Å². The Morgan fingerprint density at radius 3 is 2.71 bits per heavy atom. The highest BCUT2D eigenvalue weighted by Gasteiger charge is 2.19. The second-order valence-electron chi connectivity index (χ2n) is 5.12. The van der Waals surface area contributed by atoms with E-state index < -0.39 is 0 Å². The average Bonchev–Trinajstić information content (AvgIpc) is 2.78. The molecule has 21 heavy (non-hydrogen) atoms. The molecule has 1 unspecified atom stereocenters. The van der Waals surface area contributed by atoms with Gasteiger partial charge < -0.3 is 10.1 Å². The molecular weight excluding hydrogens is 269 g/mol. The zero-order valence-corrected chi connectivity index (χ0v) is 13.0. The third-order valence-corrected chi connectivity index (χ3v) is 3.47. The third-order valence-electron chi connectivity index (χ3n) is 3.47. The van der Waals surface area contributed by atoms with E-state index in [1.807, 2.05) is 26.2 Å². The van der Waals surface area contributed by atoms with Crippen molar-refractivity contribution < 1.29 is 9.13 Å². The van der Waals surface area contributed by atoms with Gasteiger partial charge in [0.25, 0.3) is 0 Å². The molecule has 1 aromatic carbocycles. The Labute approximate surface area is 124 Å². The van der Waals surface area contributed by atoms with Gasteiger partial charge in [0.15, 0.2) is 11.6 Å². The second-order valence-corrected chi connectivity index (χ2v) is 5.12. The highest BCUT2D eigenvalue weighted by Crippen LogP contribution is 2.27. The Hall–Kier alpha value is -1.88. The summed E-state index contributed by atoms with van der Waals surface area (Å²) in [5, 5.41) is 7.84. The van der Waals surface area contributed by atoms with E-state index in [0.717, 1.165) is 29.8 Å². The summed E-state index contributed by atoms with van der Waals surface area (Å²) < 4.78 is 20.7. The van der Waals surface area contributed by atoms with Gasteiger partial charge in [0, 0.05) is 18.8 Å². The van der Waals surface area contributed by atoms with Crippen LogP contribution in [0, 0.1) is 12.7 Å². The van der Waals surface area contributed by atoms with Gasteiger partial charge in [-0.25, -0.2) is 4.39 Å². The van der Waals surface area contributed by atoms with Gasteiger partial charge in [0.05, 0.1) is 18.8 Å². The molecule has 0 radical (unpaired) electrons. The fourth-order valence-corrected chi connectivity index (χ4v) is 2.46. The Balaban J connectivity index is 2.40. The first-order valence-corrected chi connectivity index (χ1v) is 7.13. The van der Waals surface area contributed by atoms with Gasteiger partial charge in [-0.3, -0.25) is 4.68 Å². The third kappa shape index (κ3) is 3.42. The summed E-state index contributed by atoms with van der Waals surface area (Å²) in [6, 6.07) is 5.01. The van der Waals surface area contributed by atoms with Gasteiger partial charge >= 0.3 is 0 Å². The minimum absolute atomic E-state index is 0.0703. The van der Waals surface area contributed by atoms with Gasteiger partial charge in [0.2, 0.25) is 0 Å². The van der Waals surface area contributed by atoms with Gasteiger partial charge in [-0.15, -0.1) is 0 Å². The number of ether oxygens (including phenoxy) is 1. The Kier molecular flexibility index (Phi) is 4.96. The van der Waals surface area contributed by atoms with Crippen molar-refractivity contribution in [3.05, 3.63) is 47.0 Å². The van der Waals surface area contributed by atoms with Crippen LogP contribution in [0.2, 0.25) is 0 Å². The Morgan fingerprint density at radius 2 is 2.19 bits per heavy atom. The number of nitrogens with zero attached hydrogens (tertiary/aromatic N) is 2. The molecule has 1 heterocycles. The van der Waals surface area contributed by atoms with Crippen LogP contribution in [-0.4, -0.2) is 23.4 Å². The zero-order valence-electron chi connectivity index (χ0n) is 13.0. The second kappa shape index (κ2) is 6.72. The van der Waals surface area contributed by atoms with Crippen molar-refractivity contribution in [1.82, 2.24) is 15.1 Å². The fraction of sp³-hybridized carbons (Fsp3) is 0.438. The Morgan fingerprint density at radius 1 is 1.43 bits per heavy atom. The topological polar surface area (TPSA) is 39.1 Å². The van der Waals surface area contributed by atoms with Crippen LogP contribution in [0.15, 0.2) is 24.4 Å². The summed E-state index contributed by atoms with van der Waals surface area (Å²) >= 11 is 0. The number of halogens is 1. The molecule has 2 aromatic rings. The molecule has 0 aliphatic heterocycles. The number of hydrogen-bond acceptors (Lipinski definition) is 3. The normalized spacial score (nSPS) is 12.4. The number of benzene rings is 1. The maximum atomic E-state index is 14.0. The predicted octanol–water partition coefficient (Wildman–Crippen LogP) is 2.97. The number of aromatic nitrogens is 2. The lowest BCUT2D eigenvalue weighted by molar-refractivity contribution is 0.385. The highest BCUT2D eigenvalue weighted by molar-refractivity contribution is 5.37. The van der Waals surface area contributed by atoms with Crippen LogP contribution in [0.4, 0.5) is 4.39 Å². The summed E-state index contributed by atoms with van der Waals surface area (Å²) in [7, 11) is 3.36. The standard InChI is InChI=1S/C16H22FN3O/c1-5-8-18-16(13-10-20(3)19-11(13)2)12-6-7-15(21-4)14(17)9-12/h6-7,9-10,16,18H,5,8H2,1-4H3. The predicted molar refractivity (Wildman–Crippen MR) is 81.0 cm³/mol. The van der Waals surface area contributed by atoms with Crippen molar-refractivity contribution in [2.45, 2.75) is 26.3 Å². The molecule has 1 atom stereocenters. The lowest BCUT2D eigenvalue weighted by Gasteiger charge is -2.19. The van der Waals surface area contributed by atoms with Crippen LogP contribution in [0.5, 0.6) is 5.75 Å². The molecule has 4 nitrogen and oxygen atoms in total. The minimum atomic E-state index is -0.347. The zero-order chi connectivity index (χ0) is 15.4. The van der Waals surface area contributed by atoms with E-state index in [1.54, 1.807) is 10.7 Å². The van der Waals surface area contributed by atoms with Crippen molar-refractivity contribution in [3.63, 3.8) is 0 Å². The first-order valence-electron chi connectivity index (χ1n) is 7.13. The molecule has 2 rings (SSSR count). The number of hydrogen-bond donors (Lipinski definition) is 1. The largest absolute Gasteiger partial charge is 0.494 e. The van der Waals surface area contributed by atoms with Crippen LogP contribution in [0.1, 0.15) is 36.2 Å². The van der Waals surface area contributed by atoms with Gasteiger partial charge in [-0.2, -0.15) is 5.10 Å². The van der Waals surface area contributed by atoms with Gasteiger partial charge in [-0.05, 0) is 37.6 Å². The Bertz CT molecular complexity index is 610. The van der Waals surface area contributed by atoms with E-state index in [9.17, 15) is 4.39 Å². The van der Waals surface area contributed by atoms with Crippen molar-refractivity contribution in [2.75, 3.05) is 13.7 Å². The quantitative estimate of drug-likeness (QED) is 0.889. The molecule has 0 bridgehead atoms. The fourth-order valence-electron chi connectivity index (χ4n) is 2.46. The van der Waals surface area contributed by atoms with Gasteiger partial charge in [0.1, 0.15) is 0 Å². The van der Waals surface area contributed by atoms with E-state index in [-0.39, 0.29) is 17.6 Å². The van der Waals surface area contributed by atoms with E-state index in [1.165, 1.54) is 13.2 Å². The molecule has 0 aliphatic rings. The monoisotopic (exact) mass is 291 g/mol. The average molecular weight is 291 g/mol. The molecule has 0 amide bonds. The molecular formula is C16H22FN3O. The molecule has 0 aliphatic carbocycles. The van der Waals surface area contributed by atoms with Crippen molar-refractivity contribution in [2.24, 2.45) is 7.05 Å². The minimum Gasteiger partial charge on any atom is -0.494 e. The lowest BCUT2D eigenvalue weighted by atomic mass is 9.99. The molecule has 0 saturated carbocycles. The number of methoxy groups -OCH3 is 1. The van der Waals surface area contributed by atoms with E-state index in [2.05, 4.69) is 17.3 Å². The highest BCUT2D eigenvalue weighted by atomic mass is 19.1. The summed E-state index contributed by atoms with van der Waals surface area (Å²) in [5.74, 6) is -0.0873. The van der Waals surface area contributed by atoms with E-state index in [4.69, 9.17) is 4.74 Å². The molecule has 1 aromatic heterocycles. The number of nitrogens with one attached hydrogen (secondary N) is 1. The molecule has 0 saturated heterocycles. The van der Waals surface area contributed by atoms with E-state index in [0.29, 0.717) is 0 Å². The number of rotatable bonds is 6. The first kappa shape index (κ1) is 15.5. The molecule has 114 valence electrons. The SMILES string of the molecule is CCCNC(c1ccc(OC)c(F)c1)c1cn(C)nc1C. The van der Waals surface area contributed by atoms with Crippen LogP contribution in [0.3, 0.4) is 0 Å². The maximum Gasteiger partial charge on any atom is 0.165 e. The maximum absolute atomic E-state index is 14.0. The summed E-state index contributed by atoms with van der Waals surface area (Å²) in [6.45, 7) is 4.93. The van der Waals surface area contributed by atoms with Crippen molar-refractivity contribution >= 4 is 0 Å². The summed E-state index contributed by atoms with van der Waals surface area (Å²) in [4.78, 5) is 0. The van der Waals surface area contributed by atoms with Crippen molar-refractivity contribution in [3.8, 4) is 5.75 Å². The number of aryl methyl sites for hydroxylation is 2. The summed E-state index contributed by atoms with van der Waals surface area (Å²) in [5.41, 5.74) is 2.88. The smallest absolute Gasteiger partial charge is 0.165 e. The lowest BCUT2D eigenvalue weighted by Crippen LogP contribution is -2.23. The van der Waals surface area contributed by atoms with Crippen LogP contribution in [0.25, 0.3) is 0 Å². The first-order chi connectivity index (χ1) is 10.1. The van der Waals surface area contributed by atoms with Crippen molar-refractivity contribution in [1.29, 1.82) is 0 Å². The van der Waals surface area contributed by atoms with Crippen LogP contribution >= 0.6 is 0 Å². The van der Waals surface area contributed by atoms with E-state index >= 15 is 0 Å². The molecule has 0 spiro atoms. The molecule has 1 N–H and O–H groups in total. The summed E-state index contributed by atoms with van der Waals surface area (Å²) in [6.07, 6.45) is 2.99. The van der Waals surface area contributed by atoms with Crippen LogP contribution < -0.4 is 10.1 Å². The molecule has 5 heteroatoms. The van der Waals surface area contributed by atoms with Crippen LogP contribution in [-0.2, 0) is 7.05 Å².